The van der Waals surface area contributed by atoms with Crippen LogP contribution in [-0.2, 0) is 0 Å². The summed E-state index contributed by atoms with van der Waals surface area (Å²) in [7, 11) is 6.32. The topological polar surface area (TPSA) is 23.6 Å². The highest BCUT2D eigenvalue weighted by atomic mass is 35.5. The monoisotopic (exact) mass is 334 g/mol. The van der Waals surface area contributed by atoms with E-state index in [-0.39, 0.29) is 5.91 Å². The largest absolute Gasteiger partial charge is 0.339 e. The lowest BCUT2D eigenvalue weighted by molar-refractivity contribution is 0.0725. The average Bonchev–Trinajstić information content (AvgIpc) is 3.07. The van der Waals surface area contributed by atoms with Crippen molar-refractivity contribution in [3.05, 3.63) is 34.3 Å². The number of amides is 1. The molecule has 4 atom stereocenters. The van der Waals surface area contributed by atoms with Crippen LogP contribution < -0.4 is 0 Å². The molecular weight excluding hydrogens is 308 g/mol. The first kappa shape index (κ1) is 16.8. The highest BCUT2D eigenvalue weighted by molar-refractivity contribution is 6.31. The van der Waals surface area contributed by atoms with Gasteiger partial charge in [0.25, 0.3) is 5.91 Å². The van der Waals surface area contributed by atoms with Crippen molar-refractivity contribution in [3.63, 3.8) is 0 Å². The van der Waals surface area contributed by atoms with Gasteiger partial charge in [-0.3, -0.25) is 4.79 Å². The van der Waals surface area contributed by atoms with Gasteiger partial charge in [-0.1, -0.05) is 17.7 Å². The van der Waals surface area contributed by atoms with Gasteiger partial charge in [0.1, 0.15) is 0 Å². The predicted molar refractivity (Wildman–Crippen MR) is 95.0 cm³/mol. The summed E-state index contributed by atoms with van der Waals surface area (Å²) in [6.07, 6.45) is 4.87. The summed E-state index contributed by atoms with van der Waals surface area (Å²) in [6.45, 7) is 1.93. The zero-order chi connectivity index (χ0) is 16.7. The first-order chi connectivity index (χ1) is 10.9. The molecule has 3 nitrogen and oxygen atoms in total. The van der Waals surface area contributed by atoms with Crippen LogP contribution in [0.25, 0.3) is 0 Å². The second kappa shape index (κ2) is 6.45. The second-order valence-electron chi connectivity index (χ2n) is 7.56. The minimum Gasteiger partial charge on any atom is -0.339 e. The summed E-state index contributed by atoms with van der Waals surface area (Å²) >= 11 is 6.17. The molecule has 3 rings (SSSR count). The lowest BCUT2D eigenvalue weighted by Crippen LogP contribution is -2.36. The molecule has 23 heavy (non-hydrogen) atoms. The van der Waals surface area contributed by atoms with Crippen molar-refractivity contribution < 1.29 is 4.79 Å². The van der Waals surface area contributed by atoms with Gasteiger partial charge in [-0.15, -0.1) is 0 Å². The molecule has 0 N–H and O–H groups in total. The van der Waals surface area contributed by atoms with Crippen molar-refractivity contribution in [3.8, 4) is 0 Å². The summed E-state index contributed by atoms with van der Waals surface area (Å²) in [5.74, 6) is 1.67. The summed E-state index contributed by atoms with van der Waals surface area (Å²) in [4.78, 5) is 17.2. The standard InChI is InChI=1S/C19H27ClN2O/c1-12-17(6-5-7-18(12)20)19(23)22(4)16-10-13-8-15(21(2)3)9-14(13)11-16/h5-7,13-16H,8-11H2,1-4H3/t13-,14+,15?,16?. The maximum Gasteiger partial charge on any atom is 0.254 e. The number of nitrogens with zero attached hydrogens (tertiary/aromatic N) is 2. The van der Waals surface area contributed by atoms with Gasteiger partial charge in [0, 0.05) is 29.7 Å². The van der Waals surface area contributed by atoms with Gasteiger partial charge < -0.3 is 9.80 Å². The normalized spacial score (nSPS) is 29.8. The van der Waals surface area contributed by atoms with Crippen molar-refractivity contribution >= 4 is 17.5 Å². The minimum atomic E-state index is 0.110. The molecule has 0 aromatic heterocycles. The number of halogens is 1. The lowest BCUT2D eigenvalue weighted by atomic mass is 10.0. The van der Waals surface area contributed by atoms with E-state index in [4.69, 9.17) is 11.6 Å². The third-order valence-corrected chi connectivity index (χ3v) is 6.47. The number of carbonyl (C=O) groups excluding carboxylic acids is 1. The minimum absolute atomic E-state index is 0.110. The van der Waals surface area contributed by atoms with E-state index < -0.39 is 0 Å². The molecule has 0 spiro atoms. The molecule has 0 aliphatic heterocycles. The third-order valence-electron chi connectivity index (χ3n) is 6.06. The summed E-state index contributed by atoms with van der Waals surface area (Å²) in [5.41, 5.74) is 1.63. The van der Waals surface area contributed by atoms with Crippen LogP contribution in [0.15, 0.2) is 18.2 Å². The Balaban J connectivity index is 1.67. The number of rotatable bonds is 3. The van der Waals surface area contributed by atoms with Crippen LogP contribution in [-0.4, -0.2) is 48.9 Å². The van der Waals surface area contributed by atoms with Crippen LogP contribution in [0.4, 0.5) is 0 Å². The van der Waals surface area contributed by atoms with Gasteiger partial charge in [-0.25, -0.2) is 0 Å². The Bertz CT molecular complexity index is 587. The Kier molecular flexibility index (Phi) is 4.70. The molecule has 2 aliphatic carbocycles. The zero-order valence-electron chi connectivity index (χ0n) is 14.6. The van der Waals surface area contributed by atoms with E-state index >= 15 is 0 Å². The molecule has 2 aliphatic rings. The number of benzene rings is 1. The van der Waals surface area contributed by atoms with Crippen LogP contribution in [0.5, 0.6) is 0 Å². The van der Waals surface area contributed by atoms with Crippen LogP contribution in [0.2, 0.25) is 5.02 Å². The van der Waals surface area contributed by atoms with Gasteiger partial charge >= 0.3 is 0 Å². The van der Waals surface area contributed by atoms with E-state index in [0.717, 1.165) is 41.8 Å². The van der Waals surface area contributed by atoms with Crippen molar-refractivity contribution in [1.82, 2.24) is 9.80 Å². The zero-order valence-corrected chi connectivity index (χ0v) is 15.3. The molecule has 0 radical (unpaired) electrons. The van der Waals surface area contributed by atoms with Crippen LogP contribution in [0.3, 0.4) is 0 Å². The molecule has 4 heteroatoms. The quantitative estimate of drug-likeness (QED) is 0.838. The molecule has 0 saturated heterocycles. The summed E-state index contributed by atoms with van der Waals surface area (Å²) in [5, 5.41) is 0.668. The first-order valence-electron chi connectivity index (χ1n) is 8.57. The van der Waals surface area contributed by atoms with Crippen molar-refractivity contribution in [2.45, 2.75) is 44.7 Å². The Hall–Kier alpha value is -1.06. The van der Waals surface area contributed by atoms with Crippen LogP contribution >= 0.6 is 11.6 Å². The Morgan fingerprint density at radius 1 is 1.04 bits per heavy atom. The van der Waals surface area contributed by atoms with E-state index in [1.165, 1.54) is 12.8 Å². The first-order valence-corrected chi connectivity index (χ1v) is 8.95. The fourth-order valence-electron chi connectivity index (χ4n) is 4.49. The van der Waals surface area contributed by atoms with E-state index in [0.29, 0.717) is 11.1 Å². The molecule has 0 bridgehead atoms. The predicted octanol–water partition coefficient (Wildman–Crippen LogP) is 3.84. The molecule has 126 valence electrons. The number of fused-ring (bicyclic) bond motifs is 1. The van der Waals surface area contributed by atoms with Crippen molar-refractivity contribution in [2.75, 3.05) is 21.1 Å². The fraction of sp³-hybridized carbons (Fsp3) is 0.632. The van der Waals surface area contributed by atoms with Gasteiger partial charge in [0.2, 0.25) is 0 Å². The van der Waals surface area contributed by atoms with E-state index in [2.05, 4.69) is 19.0 Å². The Morgan fingerprint density at radius 3 is 2.17 bits per heavy atom. The molecule has 1 aromatic rings. The van der Waals surface area contributed by atoms with Crippen molar-refractivity contribution in [1.29, 1.82) is 0 Å². The van der Waals surface area contributed by atoms with E-state index in [1.807, 2.05) is 37.1 Å². The van der Waals surface area contributed by atoms with Gasteiger partial charge in [0.15, 0.2) is 0 Å². The molecule has 1 amide bonds. The van der Waals surface area contributed by atoms with Gasteiger partial charge in [0.05, 0.1) is 0 Å². The van der Waals surface area contributed by atoms with Gasteiger partial charge in [-0.05, 0) is 76.2 Å². The molecule has 2 unspecified atom stereocenters. The molecular formula is C19H27ClN2O. The van der Waals surface area contributed by atoms with Crippen molar-refractivity contribution in [2.24, 2.45) is 11.8 Å². The molecule has 0 heterocycles. The number of carbonyl (C=O) groups is 1. The fourth-order valence-corrected chi connectivity index (χ4v) is 4.66. The maximum absolute atomic E-state index is 12.9. The van der Waals surface area contributed by atoms with E-state index in [9.17, 15) is 4.79 Å². The highest BCUT2D eigenvalue weighted by Gasteiger charge is 2.44. The molecule has 1 aromatic carbocycles. The maximum atomic E-state index is 12.9. The Morgan fingerprint density at radius 2 is 1.61 bits per heavy atom. The SMILES string of the molecule is Cc1c(Cl)cccc1C(=O)N(C)C1C[C@H]2CC(N(C)C)C[C@H]2C1. The summed E-state index contributed by atoms with van der Waals surface area (Å²) in [6, 6.07) is 6.69. The number of hydrogen-bond acceptors (Lipinski definition) is 2. The third kappa shape index (κ3) is 3.14. The average molecular weight is 335 g/mol. The summed E-state index contributed by atoms with van der Waals surface area (Å²) < 4.78 is 0. The van der Waals surface area contributed by atoms with E-state index in [1.54, 1.807) is 0 Å². The van der Waals surface area contributed by atoms with Crippen LogP contribution in [0, 0.1) is 18.8 Å². The molecule has 2 saturated carbocycles. The smallest absolute Gasteiger partial charge is 0.254 e. The van der Waals surface area contributed by atoms with Crippen LogP contribution in [0.1, 0.15) is 41.6 Å². The molecule has 2 fully saturated rings. The Labute approximate surface area is 144 Å². The lowest BCUT2D eigenvalue weighted by Gasteiger charge is -2.27. The second-order valence-corrected chi connectivity index (χ2v) is 7.97. The number of hydrogen-bond donors (Lipinski definition) is 0. The highest BCUT2D eigenvalue weighted by Crippen LogP contribution is 2.46. The van der Waals surface area contributed by atoms with Gasteiger partial charge in [-0.2, -0.15) is 0 Å².